The highest BCUT2D eigenvalue weighted by atomic mass is 15.0. The van der Waals surface area contributed by atoms with Crippen LogP contribution in [-0.4, -0.2) is 18.3 Å². The molecule has 16 aromatic carbocycles. The molecule has 0 atom stereocenters. The Morgan fingerprint density at radius 3 is 0.800 bits per heavy atom. The van der Waals surface area contributed by atoms with Gasteiger partial charge in [0.2, 0.25) is 0 Å². The molecule has 0 fully saturated rings. The van der Waals surface area contributed by atoms with Crippen molar-refractivity contribution in [1.82, 2.24) is 18.3 Å². The van der Waals surface area contributed by atoms with Crippen molar-refractivity contribution in [2.45, 2.75) is 0 Å². The Labute approximate surface area is 578 Å². The van der Waals surface area contributed by atoms with Crippen molar-refractivity contribution in [1.29, 1.82) is 0 Å². The fraction of sp³-hybridized carbons (Fsp3) is 0. The Balaban J connectivity index is 0.661. The Hall–Kier alpha value is -13.3. The van der Waals surface area contributed by atoms with Crippen LogP contribution in [0.1, 0.15) is 0 Å². The lowest BCUT2D eigenvalue weighted by Gasteiger charge is -2.15. The molecule has 4 heteroatoms. The van der Waals surface area contributed by atoms with Gasteiger partial charge in [-0.2, -0.15) is 0 Å². The maximum atomic E-state index is 2.47. The van der Waals surface area contributed by atoms with Crippen LogP contribution in [0.2, 0.25) is 0 Å². The molecular weight excluding hydrogens is 1210 g/mol. The molecule has 0 aliphatic rings. The molecule has 0 saturated heterocycles. The van der Waals surface area contributed by atoms with Crippen molar-refractivity contribution in [2.24, 2.45) is 0 Å². The minimum atomic E-state index is 1.11. The first-order chi connectivity index (χ1) is 49.6. The summed E-state index contributed by atoms with van der Waals surface area (Å²) in [5, 5.41) is 9.81. The van der Waals surface area contributed by atoms with Gasteiger partial charge in [0, 0.05) is 65.8 Å². The highest BCUT2D eigenvalue weighted by Crippen LogP contribution is 2.44. The highest BCUT2D eigenvalue weighted by molar-refractivity contribution is 6.15. The highest BCUT2D eigenvalue weighted by Gasteiger charge is 2.21. The quantitative estimate of drug-likeness (QED) is 0.123. The van der Waals surface area contributed by atoms with Gasteiger partial charge in [0.1, 0.15) is 0 Å². The lowest BCUT2D eigenvalue weighted by Crippen LogP contribution is -1.96. The maximum Gasteiger partial charge on any atom is 0.0547 e. The van der Waals surface area contributed by atoms with Crippen molar-refractivity contribution in [3.05, 3.63) is 376 Å². The second-order valence-electron chi connectivity index (χ2n) is 26.4. The molecule has 100 heavy (non-hydrogen) atoms. The molecule has 0 spiro atoms. The van der Waals surface area contributed by atoms with E-state index in [2.05, 4.69) is 394 Å². The zero-order chi connectivity index (χ0) is 65.8. The number of benzene rings is 16. The van der Waals surface area contributed by atoms with Crippen LogP contribution in [0, 0.1) is 0 Å². The van der Waals surface area contributed by atoms with Crippen LogP contribution in [0.25, 0.3) is 188 Å². The van der Waals surface area contributed by atoms with Crippen molar-refractivity contribution in [2.75, 3.05) is 0 Å². The maximum absolute atomic E-state index is 2.47. The summed E-state index contributed by atoms with van der Waals surface area (Å²) in [4.78, 5) is 0. The summed E-state index contributed by atoms with van der Waals surface area (Å²) in [6.45, 7) is 0. The van der Waals surface area contributed by atoms with Crippen LogP contribution in [0.3, 0.4) is 0 Å². The lowest BCUT2D eigenvalue weighted by atomic mass is 9.95. The molecule has 0 amide bonds. The number of fused-ring (bicyclic) bond motifs is 12. The van der Waals surface area contributed by atoms with E-state index in [1.807, 2.05) is 0 Å². The lowest BCUT2D eigenvalue weighted by molar-refractivity contribution is 1.18. The Morgan fingerprint density at radius 1 is 0.110 bits per heavy atom. The second-order valence-corrected chi connectivity index (χ2v) is 26.4. The normalized spacial score (nSPS) is 11.8. The molecule has 4 aromatic heterocycles. The van der Waals surface area contributed by atoms with Gasteiger partial charge in [0.05, 0.1) is 44.1 Å². The van der Waals surface area contributed by atoms with Gasteiger partial charge in [0.15, 0.2) is 0 Å². The van der Waals surface area contributed by atoms with Crippen LogP contribution in [0.4, 0.5) is 0 Å². The van der Waals surface area contributed by atoms with Gasteiger partial charge in [-0.3, -0.25) is 0 Å². The molecule has 466 valence electrons. The topological polar surface area (TPSA) is 19.7 Å². The van der Waals surface area contributed by atoms with Crippen LogP contribution < -0.4 is 0 Å². The summed E-state index contributed by atoms with van der Waals surface area (Å²) < 4.78 is 9.71. The predicted molar refractivity (Wildman–Crippen MR) is 422 cm³/mol. The van der Waals surface area contributed by atoms with E-state index in [4.69, 9.17) is 0 Å². The number of hydrogen-bond acceptors (Lipinski definition) is 0. The van der Waals surface area contributed by atoms with E-state index in [0.29, 0.717) is 0 Å². The van der Waals surface area contributed by atoms with E-state index < -0.39 is 0 Å². The van der Waals surface area contributed by atoms with Crippen molar-refractivity contribution in [3.63, 3.8) is 0 Å². The molecule has 4 heterocycles. The van der Waals surface area contributed by atoms with Crippen molar-refractivity contribution >= 4 is 87.2 Å². The van der Waals surface area contributed by atoms with Crippen LogP contribution >= 0.6 is 0 Å². The van der Waals surface area contributed by atoms with E-state index in [9.17, 15) is 0 Å². The largest absolute Gasteiger partial charge is 0.309 e. The molecule has 20 aromatic rings. The molecule has 0 aliphatic heterocycles. The Bertz CT molecular complexity index is 6590. The molecule has 20 rings (SSSR count). The van der Waals surface area contributed by atoms with Crippen LogP contribution in [-0.2, 0) is 0 Å². The third kappa shape index (κ3) is 9.45. The van der Waals surface area contributed by atoms with E-state index in [1.165, 1.54) is 126 Å². The molecular formula is C96H62N4. The first-order valence-electron chi connectivity index (χ1n) is 34.4. The number of aromatic nitrogens is 4. The van der Waals surface area contributed by atoms with E-state index >= 15 is 0 Å². The minimum Gasteiger partial charge on any atom is -0.309 e. The Kier molecular flexibility index (Phi) is 13.2. The van der Waals surface area contributed by atoms with Gasteiger partial charge in [0.25, 0.3) is 0 Å². The first kappa shape index (κ1) is 57.0. The zero-order valence-corrected chi connectivity index (χ0v) is 54.6. The molecule has 0 aliphatic carbocycles. The summed E-state index contributed by atoms with van der Waals surface area (Å²) in [6, 6.07) is 139. The molecule has 0 radical (unpaired) electrons. The van der Waals surface area contributed by atoms with Gasteiger partial charge in [-0.25, -0.2) is 0 Å². The molecule has 0 unspecified atom stereocenters. The monoisotopic (exact) mass is 1270 g/mol. The zero-order valence-electron chi connectivity index (χ0n) is 54.6. The number of rotatable bonds is 11. The standard InChI is InChI=1S/C96H62N4/c1-5-20-63(21-6-1)65-36-38-66(39-37-65)67-40-47-79(48-41-67)98-90-34-17-14-31-82(90)86-59-71(44-51-93(86)98)73-45-52-94-88(61-73)84-49-42-74(62-96(84)99(94)78-28-11-4-12-29-78)68-24-19-25-69(54-68)76-55-75(64-22-7-2-8-23-64)56-80(57-76)100-91-35-18-15-32-83(91)87-60-72(46-53-95(87)100)70-43-50-92-85(58-70)81-30-13-16-33-89(81)97(92)77-26-9-3-10-27-77/h1-62H. The predicted octanol–water partition coefficient (Wildman–Crippen LogP) is 25.7. The summed E-state index contributed by atoms with van der Waals surface area (Å²) in [6.07, 6.45) is 0. The van der Waals surface area contributed by atoms with Crippen molar-refractivity contribution < 1.29 is 0 Å². The molecule has 0 bridgehead atoms. The minimum absolute atomic E-state index is 1.11. The third-order valence-electron chi connectivity index (χ3n) is 20.7. The van der Waals surface area contributed by atoms with Gasteiger partial charge < -0.3 is 18.3 Å². The molecule has 0 saturated carbocycles. The average Bonchev–Trinajstić information content (AvgIpc) is 1.60. The number of hydrogen-bond donors (Lipinski definition) is 0. The summed E-state index contributed by atoms with van der Waals surface area (Å²) in [5.74, 6) is 0. The van der Waals surface area contributed by atoms with Gasteiger partial charge in [-0.15, -0.1) is 0 Å². The summed E-state index contributed by atoms with van der Waals surface area (Å²) in [5.41, 5.74) is 30.5. The fourth-order valence-electron chi connectivity index (χ4n) is 16.0. The SMILES string of the molecule is c1ccc(-c2ccc(-c3ccc(-n4c5ccccc5c5cc(-c6ccc7c(c6)c6ccc(-c8cccc(-c9cc(-c%10ccccc%10)cc(-n%10c%11ccccc%11c%11cc(-c%12ccc%13c(c%12)c%12ccccc%12n%13-c%12ccccc%12)ccc%11%10)c9)c8)cc6n7-c6ccccc6)ccc54)cc3)cc2)cc1. The van der Waals surface area contributed by atoms with E-state index in [-0.39, 0.29) is 0 Å². The van der Waals surface area contributed by atoms with Gasteiger partial charge in [-0.05, 0) is 211 Å². The van der Waals surface area contributed by atoms with Gasteiger partial charge >= 0.3 is 0 Å². The first-order valence-corrected chi connectivity index (χ1v) is 34.4. The summed E-state index contributed by atoms with van der Waals surface area (Å²) in [7, 11) is 0. The molecule has 0 N–H and O–H groups in total. The smallest absolute Gasteiger partial charge is 0.0547 e. The number of nitrogens with zero attached hydrogens (tertiary/aromatic N) is 4. The van der Waals surface area contributed by atoms with Crippen LogP contribution in [0.5, 0.6) is 0 Å². The second kappa shape index (κ2) is 23.2. The van der Waals surface area contributed by atoms with Crippen LogP contribution in [0.15, 0.2) is 376 Å². The van der Waals surface area contributed by atoms with E-state index in [0.717, 1.165) is 61.6 Å². The fourth-order valence-corrected chi connectivity index (χ4v) is 16.0. The average molecular weight is 1270 g/mol. The molecule has 4 nitrogen and oxygen atoms in total. The Morgan fingerprint density at radius 2 is 0.360 bits per heavy atom. The summed E-state index contributed by atoms with van der Waals surface area (Å²) >= 11 is 0. The number of para-hydroxylation sites is 5. The third-order valence-corrected chi connectivity index (χ3v) is 20.7. The van der Waals surface area contributed by atoms with E-state index in [1.54, 1.807) is 0 Å². The van der Waals surface area contributed by atoms with Gasteiger partial charge in [-0.1, -0.05) is 243 Å². The van der Waals surface area contributed by atoms with Crippen molar-refractivity contribution in [3.8, 4) is 101 Å².